The molecule has 114 valence electrons. The fourth-order valence-electron chi connectivity index (χ4n) is 1.75. The smallest absolute Gasteiger partial charge is 0.338 e. The van der Waals surface area contributed by atoms with E-state index in [1.54, 1.807) is 36.4 Å². The Morgan fingerprint density at radius 1 is 1.09 bits per heavy atom. The summed E-state index contributed by atoms with van der Waals surface area (Å²) in [5.74, 6) is -1.05. The van der Waals surface area contributed by atoms with Crippen molar-refractivity contribution in [1.82, 2.24) is 0 Å². The molecular weight excluding hydrogens is 325 g/mol. The summed E-state index contributed by atoms with van der Waals surface area (Å²) < 4.78 is 4.94. The van der Waals surface area contributed by atoms with E-state index in [4.69, 9.17) is 27.9 Å². The number of anilines is 1. The van der Waals surface area contributed by atoms with Crippen LogP contribution in [0.15, 0.2) is 42.5 Å². The van der Waals surface area contributed by atoms with Crippen LogP contribution in [-0.2, 0) is 9.53 Å². The first-order chi connectivity index (χ1) is 10.5. The molecule has 0 saturated carbocycles. The molecule has 1 N–H and O–H groups in total. The third-order valence-electron chi connectivity index (χ3n) is 2.87. The summed E-state index contributed by atoms with van der Waals surface area (Å²) in [4.78, 5) is 23.6. The maximum atomic E-state index is 11.8. The fraction of sp³-hybridized carbons (Fsp3) is 0.125. The number of rotatable bonds is 4. The molecule has 2 aromatic rings. The molecule has 0 bridgehead atoms. The summed E-state index contributed by atoms with van der Waals surface area (Å²) in [6, 6.07) is 11.5. The molecule has 0 fully saturated rings. The van der Waals surface area contributed by atoms with E-state index < -0.39 is 18.5 Å². The zero-order chi connectivity index (χ0) is 16.1. The topological polar surface area (TPSA) is 55.4 Å². The summed E-state index contributed by atoms with van der Waals surface area (Å²) in [5.41, 5.74) is 1.73. The molecule has 0 aromatic heterocycles. The second-order valence-electron chi connectivity index (χ2n) is 4.59. The predicted molar refractivity (Wildman–Crippen MR) is 86.6 cm³/mol. The fourth-order valence-corrected chi connectivity index (χ4v) is 2.11. The van der Waals surface area contributed by atoms with Gasteiger partial charge in [0.1, 0.15) is 0 Å². The summed E-state index contributed by atoms with van der Waals surface area (Å²) in [6.07, 6.45) is 0. The van der Waals surface area contributed by atoms with Crippen LogP contribution in [0.2, 0.25) is 10.0 Å². The third-order valence-corrected chi connectivity index (χ3v) is 3.34. The lowest BCUT2D eigenvalue weighted by molar-refractivity contribution is -0.119. The number of benzene rings is 2. The lowest BCUT2D eigenvalue weighted by Gasteiger charge is -2.09. The summed E-state index contributed by atoms with van der Waals surface area (Å²) in [6.45, 7) is 1.45. The highest BCUT2D eigenvalue weighted by atomic mass is 35.5. The van der Waals surface area contributed by atoms with Gasteiger partial charge in [0.15, 0.2) is 6.61 Å². The van der Waals surface area contributed by atoms with Gasteiger partial charge in [-0.25, -0.2) is 4.79 Å². The molecule has 0 saturated heterocycles. The SMILES string of the molecule is Cc1ccc(Cl)cc1NC(=O)COC(=O)c1cccc(Cl)c1. The molecule has 1 amide bonds. The highest BCUT2D eigenvalue weighted by Crippen LogP contribution is 2.20. The van der Waals surface area contributed by atoms with Gasteiger partial charge in [-0.3, -0.25) is 4.79 Å². The molecule has 22 heavy (non-hydrogen) atoms. The van der Waals surface area contributed by atoms with Crippen LogP contribution >= 0.6 is 23.2 Å². The van der Waals surface area contributed by atoms with E-state index in [-0.39, 0.29) is 0 Å². The van der Waals surface area contributed by atoms with E-state index in [0.29, 0.717) is 21.3 Å². The molecule has 0 spiro atoms. The number of halogens is 2. The molecule has 0 heterocycles. The zero-order valence-electron chi connectivity index (χ0n) is 11.7. The zero-order valence-corrected chi connectivity index (χ0v) is 13.2. The Balaban J connectivity index is 1.93. The molecule has 0 aliphatic carbocycles. The molecule has 0 radical (unpaired) electrons. The first-order valence-electron chi connectivity index (χ1n) is 6.44. The lowest BCUT2D eigenvalue weighted by Crippen LogP contribution is -2.21. The minimum absolute atomic E-state index is 0.291. The van der Waals surface area contributed by atoms with Gasteiger partial charge in [-0.2, -0.15) is 0 Å². The highest BCUT2D eigenvalue weighted by molar-refractivity contribution is 6.31. The number of ether oxygens (including phenoxy) is 1. The number of hydrogen-bond donors (Lipinski definition) is 1. The van der Waals surface area contributed by atoms with E-state index in [0.717, 1.165) is 5.56 Å². The van der Waals surface area contributed by atoms with Crippen LogP contribution in [0.5, 0.6) is 0 Å². The molecule has 2 rings (SSSR count). The van der Waals surface area contributed by atoms with Crippen molar-refractivity contribution >= 4 is 40.8 Å². The number of carbonyl (C=O) groups is 2. The van der Waals surface area contributed by atoms with Gasteiger partial charge in [0, 0.05) is 15.7 Å². The number of aryl methyl sites for hydroxylation is 1. The van der Waals surface area contributed by atoms with Gasteiger partial charge in [-0.15, -0.1) is 0 Å². The molecule has 0 unspecified atom stereocenters. The second kappa shape index (κ2) is 7.29. The molecule has 6 heteroatoms. The number of amides is 1. The Kier molecular flexibility index (Phi) is 5.41. The van der Waals surface area contributed by atoms with E-state index in [2.05, 4.69) is 5.32 Å². The van der Waals surface area contributed by atoms with Gasteiger partial charge < -0.3 is 10.1 Å². The predicted octanol–water partition coefficient (Wildman–Crippen LogP) is 4.10. The molecule has 2 aromatic carbocycles. The van der Waals surface area contributed by atoms with Gasteiger partial charge in [0.05, 0.1) is 5.56 Å². The van der Waals surface area contributed by atoms with Crippen molar-refractivity contribution < 1.29 is 14.3 Å². The molecular formula is C16H13Cl2NO3. The number of nitrogens with one attached hydrogen (secondary N) is 1. The maximum Gasteiger partial charge on any atom is 0.338 e. The van der Waals surface area contributed by atoms with E-state index >= 15 is 0 Å². The van der Waals surface area contributed by atoms with E-state index in [1.807, 2.05) is 6.92 Å². The van der Waals surface area contributed by atoms with Crippen molar-refractivity contribution in [2.45, 2.75) is 6.92 Å². The van der Waals surface area contributed by atoms with Crippen molar-refractivity contribution in [3.05, 3.63) is 63.6 Å². The van der Waals surface area contributed by atoms with Crippen LogP contribution in [0.1, 0.15) is 15.9 Å². The number of carbonyl (C=O) groups excluding carboxylic acids is 2. The van der Waals surface area contributed by atoms with Gasteiger partial charge >= 0.3 is 5.97 Å². The minimum atomic E-state index is -0.611. The first kappa shape index (κ1) is 16.3. The van der Waals surface area contributed by atoms with Crippen molar-refractivity contribution in [3.63, 3.8) is 0 Å². The van der Waals surface area contributed by atoms with Gasteiger partial charge in [-0.05, 0) is 42.8 Å². The average molecular weight is 338 g/mol. The Labute approximate surface area is 138 Å². The van der Waals surface area contributed by atoms with E-state index in [9.17, 15) is 9.59 Å². The average Bonchev–Trinajstić information content (AvgIpc) is 2.48. The minimum Gasteiger partial charge on any atom is -0.452 e. The quantitative estimate of drug-likeness (QED) is 0.854. The van der Waals surface area contributed by atoms with Crippen LogP contribution in [0.25, 0.3) is 0 Å². The van der Waals surface area contributed by atoms with Crippen LogP contribution in [0.4, 0.5) is 5.69 Å². The standard InChI is InChI=1S/C16H13Cl2NO3/c1-10-5-6-13(18)8-14(10)19-15(20)9-22-16(21)11-3-2-4-12(17)7-11/h2-8H,9H2,1H3,(H,19,20). The van der Waals surface area contributed by atoms with Gasteiger partial charge in [-0.1, -0.05) is 35.3 Å². The molecule has 0 aliphatic rings. The summed E-state index contributed by atoms with van der Waals surface area (Å²) >= 11 is 11.7. The monoisotopic (exact) mass is 337 g/mol. The largest absolute Gasteiger partial charge is 0.452 e. The Morgan fingerprint density at radius 3 is 2.55 bits per heavy atom. The van der Waals surface area contributed by atoms with Crippen molar-refractivity contribution in [3.8, 4) is 0 Å². The van der Waals surface area contributed by atoms with Crippen LogP contribution < -0.4 is 5.32 Å². The van der Waals surface area contributed by atoms with Crippen LogP contribution in [0.3, 0.4) is 0 Å². The van der Waals surface area contributed by atoms with Crippen molar-refractivity contribution in [2.24, 2.45) is 0 Å². The van der Waals surface area contributed by atoms with Gasteiger partial charge in [0.2, 0.25) is 0 Å². The Bertz CT molecular complexity index is 716. The second-order valence-corrected chi connectivity index (χ2v) is 5.47. The van der Waals surface area contributed by atoms with Crippen LogP contribution in [-0.4, -0.2) is 18.5 Å². The normalized spacial score (nSPS) is 10.1. The number of esters is 1. The molecule has 0 aliphatic heterocycles. The Hall–Kier alpha value is -2.04. The van der Waals surface area contributed by atoms with Crippen LogP contribution in [0, 0.1) is 6.92 Å². The van der Waals surface area contributed by atoms with Crippen molar-refractivity contribution in [2.75, 3.05) is 11.9 Å². The van der Waals surface area contributed by atoms with Crippen molar-refractivity contribution in [1.29, 1.82) is 0 Å². The Morgan fingerprint density at radius 2 is 1.82 bits per heavy atom. The number of hydrogen-bond acceptors (Lipinski definition) is 3. The maximum absolute atomic E-state index is 11.8. The first-order valence-corrected chi connectivity index (χ1v) is 7.20. The molecule has 0 atom stereocenters. The highest BCUT2D eigenvalue weighted by Gasteiger charge is 2.11. The molecule has 4 nitrogen and oxygen atoms in total. The van der Waals surface area contributed by atoms with E-state index in [1.165, 1.54) is 6.07 Å². The third kappa shape index (κ3) is 4.48. The summed E-state index contributed by atoms with van der Waals surface area (Å²) in [5, 5.41) is 3.58. The van der Waals surface area contributed by atoms with Gasteiger partial charge in [0.25, 0.3) is 5.91 Å². The summed E-state index contributed by atoms with van der Waals surface area (Å²) in [7, 11) is 0. The lowest BCUT2D eigenvalue weighted by atomic mass is 10.2.